The summed E-state index contributed by atoms with van der Waals surface area (Å²) in [5.74, 6) is 0.227. The summed E-state index contributed by atoms with van der Waals surface area (Å²) in [6.07, 6.45) is 1.60. The number of rotatable bonds is 7. The second-order valence-electron chi connectivity index (χ2n) is 6.29. The zero-order chi connectivity index (χ0) is 22.6. The van der Waals surface area contributed by atoms with Gasteiger partial charge in [-0.2, -0.15) is 8.42 Å². The lowest BCUT2D eigenvalue weighted by molar-refractivity contribution is -0.674. The van der Waals surface area contributed by atoms with Crippen molar-refractivity contribution in [2.45, 2.75) is 11.4 Å². The van der Waals surface area contributed by atoms with E-state index in [2.05, 4.69) is 5.32 Å². The van der Waals surface area contributed by atoms with E-state index in [4.69, 9.17) is 39.5 Å². The highest BCUT2D eigenvalue weighted by molar-refractivity contribution is 7.86. The van der Waals surface area contributed by atoms with Crippen LogP contribution in [0.4, 0.5) is 9.70 Å². The van der Waals surface area contributed by atoms with Crippen molar-refractivity contribution in [1.29, 1.82) is 0 Å². The van der Waals surface area contributed by atoms with Crippen LogP contribution in [0.2, 0.25) is 15.1 Å². The molecule has 3 aromatic rings. The molecule has 0 radical (unpaired) electrons. The number of pyridine rings is 1. The maximum absolute atomic E-state index is 13.7. The second-order valence-corrected chi connectivity index (χ2v) is 8.80. The number of benzene rings is 2. The van der Waals surface area contributed by atoms with Gasteiger partial charge in [0.15, 0.2) is 6.61 Å². The van der Waals surface area contributed by atoms with Gasteiger partial charge in [-0.25, -0.2) is 14.7 Å². The van der Waals surface area contributed by atoms with Crippen molar-refractivity contribution in [3.63, 3.8) is 0 Å². The van der Waals surface area contributed by atoms with Gasteiger partial charge in [0.05, 0.1) is 21.3 Å². The summed E-state index contributed by atoms with van der Waals surface area (Å²) >= 11 is 17.7. The van der Waals surface area contributed by atoms with Gasteiger partial charge in [-0.3, -0.25) is 0 Å². The standard InChI is InChI=1S/C20H14Cl3FN2O4S/c21-15-8-7-14(10-17(15)23)30-12-19(27)25-18-6-1-2-9-26(18)11-13-4-3-5-16(22)20(13)31(24,28)29/h1-10H,11-12H2/p+1. The Bertz CT molecular complexity index is 1240. The maximum atomic E-state index is 13.7. The predicted octanol–water partition coefficient (Wildman–Crippen LogP) is 4.66. The molecule has 162 valence electrons. The first-order valence-electron chi connectivity index (χ1n) is 8.73. The summed E-state index contributed by atoms with van der Waals surface area (Å²) in [6, 6.07) is 13.8. The quantitative estimate of drug-likeness (QED) is 0.375. The molecule has 1 amide bonds. The molecule has 6 nitrogen and oxygen atoms in total. The number of nitrogens with zero attached hydrogens (tertiary/aromatic N) is 1. The molecule has 0 aliphatic heterocycles. The molecule has 3 rings (SSSR count). The Kier molecular flexibility index (Phi) is 7.38. The third kappa shape index (κ3) is 6.07. The van der Waals surface area contributed by atoms with E-state index >= 15 is 0 Å². The van der Waals surface area contributed by atoms with Gasteiger partial charge in [0.25, 0.3) is 5.82 Å². The smallest absolute Gasteiger partial charge is 0.345 e. The minimum atomic E-state index is -5.04. The summed E-state index contributed by atoms with van der Waals surface area (Å²) in [5.41, 5.74) is 0.133. The molecule has 0 atom stereocenters. The van der Waals surface area contributed by atoms with Crippen LogP contribution in [0.25, 0.3) is 0 Å². The minimum Gasteiger partial charge on any atom is -0.481 e. The fraction of sp³-hybridized carbons (Fsp3) is 0.100. The summed E-state index contributed by atoms with van der Waals surface area (Å²) in [7, 11) is -5.04. The molecule has 0 aliphatic carbocycles. The van der Waals surface area contributed by atoms with Crippen LogP contribution in [0.15, 0.2) is 65.7 Å². The topological polar surface area (TPSA) is 76.3 Å². The SMILES string of the molecule is O=C(COc1ccc(Cl)c(Cl)c1)Nc1cccc[n+]1Cc1cccc(Cl)c1S(=O)(=O)F. The maximum Gasteiger partial charge on any atom is 0.345 e. The number of hydrogen-bond donors (Lipinski definition) is 1. The number of carbonyl (C=O) groups excluding carboxylic acids is 1. The van der Waals surface area contributed by atoms with Gasteiger partial charge in [-0.15, -0.1) is 3.89 Å². The normalized spacial score (nSPS) is 11.2. The first kappa shape index (κ1) is 23.3. The number of anilines is 1. The van der Waals surface area contributed by atoms with E-state index in [1.54, 1.807) is 36.5 Å². The largest absolute Gasteiger partial charge is 0.481 e. The second kappa shape index (κ2) is 9.82. The van der Waals surface area contributed by atoms with Crippen LogP contribution in [0.1, 0.15) is 5.56 Å². The molecule has 1 N–H and O–H groups in total. The first-order chi connectivity index (χ1) is 14.6. The first-order valence-corrected chi connectivity index (χ1v) is 11.2. The van der Waals surface area contributed by atoms with E-state index in [0.29, 0.717) is 21.6 Å². The number of ether oxygens (including phenoxy) is 1. The van der Waals surface area contributed by atoms with Crippen molar-refractivity contribution in [3.8, 4) is 5.75 Å². The van der Waals surface area contributed by atoms with Crippen molar-refractivity contribution in [1.82, 2.24) is 0 Å². The van der Waals surface area contributed by atoms with Crippen molar-refractivity contribution in [2.24, 2.45) is 0 Å². The van der Waals surface area contributed by atoms with Crippen LogP contribution in [0.3, 0.4) is 0 Å². The average molecular weight is 505 g/mol. The molecule has 0 bridgehead atoms. The Balaban J connectivity index is 1.76. The molecule has 2 aromatic carbocycles. The van der Waals surface area contributed by atoms with E-state index in [9.17, 15) is 17.1 Å². The van der Waals surface area contributed by atoms with Crippen molar-refractivity contribution < 1.29 is 26.4 Å². The highest BCUT2D eigenvalue weighted by Gasteiger charge is 2.23. The van der Waals surface area contributed by atoms with Gasteiger partial charge in [0.2, 0.25) is 0 Å². The zero-order valence-electron chi connectivity index (χ0n) is 15.7. The van der Waals surface area contributed by atoms with E-state index in [0.717, 1.165) is 0 Å². The molecule has 31 heavy (non-hydrogen) atoms. The highest BCUT2D eigenvalue weighted by Crippen LogP contribution is 2.27. The van der Waals surface area contributed by atoms with Crippen molar-refractivity contribution in [2.75, 3.05) is 11.9 Å². The molecule has 0 saturated carbocycles. The molecule has 0 saturated heterocycles. The summed E-state index contributed by atoms with van der Waals surface area (Å²) in [5, 5.41) is 3.09. The fourth-order valence-electron chi connectivity index (χ4n) is 2.76. The molecule has 1 aromatic heterocycles. The van der Waals surface area contributed by atoms with Crippen molar-refractivity contribution in [3.05, 3.63) is 81.4 Å². The van der Waals surface area contributed by atoms with Crippen molar-refractivity contribution >= 4 is 56.8 Å². The van der Waals surface area contributed by atoms with Gasteiger partial charge in [-0.1, -0.05) is 53.0 Å². The van der Waals surface area contributed by atoms with E-state index in [1.807, 2.05) is 0 Å². The Labute approximate surface area is 193 Å². The average Bonchev–Trinajstić information content (AvgIpc) is 2.69. The van der Waals surface area contributed by atoms with E-state index in [1.165, 1.54) is 28.8 Å². The lowest BCUT2D eigenvalue weighted by Gasteiger charge is -2.10. The van der Waals surface area contributed by atoms with Gasteiger partial charge in [0, 0.05) is 17.7 Å². The number of halogens is 4. The fourth-order valence-corrected chi connectivity index (χ4v) is 4.26. The Hall–Kier alpha value is -2.39. The van der Waals surface area contributed by atoms with Gasteiger partial charge < -0.3 is 4.74 Å². The third-order valence-corrected chi connectivity index (χ3v) is 6.24. The van der Waals surface area contributed by atoms with Crippen LogP contribution in [0.5, 0.6) is 5.75 Å². The third-order valence-electron chi connectivity index (χ3n) is 4.10. The lowest BCUT2D eigenvalue weighted by Crippen LogP contribution is -2.39. The molecule has 1 heterocycles. The summed E-state index contributed by atoms with van der Waals surface area (Å²) in [4.78, 5) is 11.7. The van der Waals surface area contributed by atoms with Gasteiger partial charge in [0.1, 0.15) is 17.2 Å². The monoisotopic (exact) mass is 503 g/mol. The van der Waals surface area contributed by atoms with Crippen LogP contribution >= 0.6 is 34.8 Å². The van der Waals surface area contributed by atoms with E-state index < -0.39 is 21.0 Å². The number of amides is 1. The molecule has 11 heteroatoms. The lowest BCUT2D eigenvalue weighted by atomic mass is 10.2. The predicted molar refractivity (Wildman–Crippen MR) is 116 cm³/mol. The molecule has 0 fully saturated rings. The number of aromatic nitrogens is 1. The van der Waals surface area contributed by atoms with Crippen LogP contribution in [-0.2, 0) is 21.6 Å². The molecule has 0 unspecified atom stereocenters. The van der Waals surface area contributed by atoms with Crippen LogP contribution < -0.4 is 14.6 Å². The molecule has 0 spiro atoms. The Morgan fingerprint density at radius 1 is 1.00 bits per heavy atom. The summed E-state index contributed by atoms with van der Waals surface area (Å²) in [6.45, 7) is -0.364. The summed E-state index contributed by atoms with van der Waals surface area (Å²) < 4.78 is 43.7. The molecular weight excluding hydrogens is 490 g/mol. The number of carbonyl (C=O) groups is 1. The molecular formula is C20H15Cl3FN2O4S+. The van der Waals surface area contributed by atoms with Crippen LogP contribution in [0, 0.1) is 0 Å². The Morgan fingerprint density at radius 3 is 2.48 bits per heavy atom. The van der Waals surface area contributed by atoms with Gasteiger partial charge >= 0.3 is 16.1 Å². The Morgan fingerprint density at radius 2 is 1.77 bits per heavy atom. The highest BCUT2D eigenvalue weighted by atomic mass is 35.5. The minimum absolute atomic E-state index is 0.0524. The number of hydrogen-bond acceptors (Lipinski definition) is 4. The molecule has 0 aliphatic rings. The van der Waals surface area contributed by atoms with Crippen LogP contribution in [-0.4, -0.2) is 20.9 Å². The number of nitrogens with one attached hydrogen (secondary N) is 1. The van der Waals surface area contributed by atoms with Gasteiger partial charge in [-0.05, 0) is 24.3 Å². The van der Waals surface area contributed by atoms with E-state index in [-0.39, 0.29) is 23.7 Å². The zero-order valence-corrected chi connectivity index (χ0v) is 18.8.